The number of nitrogens with zero attached hydrogens (tertiary/aromatic N) is 6. The van der Waals surface area contributed by atoms with E-state index in [2.05, 4.69) is 25.7 Å². The number of carbonyl (C=O) groups is 1. The van der Waals surface area contributed by atoms with Gasteiger partial charge in [0.05, 0.1) is 24.1 Å². The number of aryl methyl sites for hydroxylation is 1. The molecule has 0 spiro atoms. The summed E-state index contributed by atoms with van der Waals surface area (Å²) >= 11 is 0. The van der Waals surface area contributed by atoms with Crippen LogP contribution in [0.15, 0.2) is 61.1 Å². The first-order valence-corrected chi connectivity index (χ1v) is 8.50. The van der Waals surface area contributed by atoms with Crippen LogP contribution in [0, 0.1) is 5.82 Å². The van der Waals surface area contributed by atoms with Crippen LogP contribution in [0.25, 0.3) is 16.9 Å². The molecule has 8 nitrogen and oxygen atoms in total. The van der Waals surface area contributed by atoms with E-state index in [4.69, 9.17) is 0 Å². The highest BCUT2D eigenvalue weighted by Crippen LogP contribution is 2.19. The summed E-state index contributed by atoms with van der Waals surface area (Å²) in [6, 6.07) is 11.2. The summed E-state index contributed by atoms with van der Waals surface area (Å²) in [4.78, 5) is 16.5. The number of halogens is 1. The van der Waals surface area contributed by atoms with Crippen molar-refractivity contribution in [1.82, 2.24) is 35.1 Å². The first-order valence-electron chi connectivity index (χ1n) is 8.50. The van der Waals surface area contributed by atoms with Gasteiger partial charge < -0.3 is 5.32 Å². The third-order valence-corrected chi connectivity index (χ3v) is 4.15. The molecule has 0 bridgehead atoms. The lowest BCUT2D eigenvalue weighted by Gasteiger charge is -2.02. The second-order valence-corrected chi connectivity index (χ2v) is 6.09. The number of hydrogen-bond donors (Lipinski definition) is 1. The monoisotopic (exact) mass is 377 g/mol. The van der Waals surface area contributed by atoms with Crippen LogP contribution < -0.4 is 5.32 Å². The van der Waals surface area contributed by atoms with Gasteiger partial charge in [0.15, 0.2) is 0 Å². The van der Waals surface area contributed by atoms with Gasteiger partial charge in [-0.15, -0.1) is 5.10 Å². The fraction of sp³-hybridized carbons (Fsp3) is 0.105. The summed E-state index contributed by atoms with van der Waals surface area (Å²) in [7, 11) is 1.68. The lowest BCUT2D eigenvalue weighted by atomic mass is 10.1. The maximum Gasteiger partial charge on any atom is 0.269 e. The lowest BCUT2D eigenvalue weighted by molar-refractivity contribution is 0.0941. The van der Waals surface area contributed by atoms with E-state index in [1.165, 1.54) is 16.8 Å². The van der Waals surface area contributed by atoms with Gasteiger partial charge in [-0.05, 0) is 42.5 Å². The number of hydrogen-bond acceptors (Lipinski definition) is 5. The van der Waals surface area contributed by atoms with Gasteiger partial charge in [0.1, 0.15) is 17.2 Å². The van der Waals surface area contributed by atoms with Gasteiger partial charge in [0.25, 0.3) is 5.91 Å². The number of carbonyl (C=O) groups excluding carboxylic acids is 1. The summed E-state index contributed by atoms with van der Waals surface area (Å²) in [5.41, 5.74) is 3.16. The third kappa shape index (κ3) is 3.63. The predicted molar refractivity (Wildman–Crippen MR) is 98.9 cm³/mol. The van der Waals surface area contributed by atoms with Crippen molar-refractivity contribution in [2.75, 3.05) is 0 Å². The van der Waals surface area contributed by atoms with E-state index in [0.29, 0.717) is 17.1 Å². The van der Waals surface area contributed by atoms with E-state index >= 15 is 0 Å². The van der Waals surface area contributed by atoms with Gasteiger partial charge in [-0.25, -0.2) is 9.07 Å². The summed E-state index contributed by atoms with van der Waals surface area (Å²) in [5.74, 6) is -0.612. The maximum atomic E-state index is 13.1. The minimum atomic E-state index is -0.322. The number of amides is 1. The molecule has 4 aromatic rings. The molecule has 1 amide bonds. The van der Waals surface area contributed by atoms with Gasteiger partial charge in [-0.1, -0.05) is 5.21 Å². The zero-order chi connectivity index (χ0) is 19.5. The number of rotatable bonds is 5. The Morgan fingerprint density at radius 2 is 1.89 bits per heavy atom. The minimum absolute atomic E-state index is 0.223. The second-order valence-electron chi connectivity index (χ2n) is 6.09. The largest absolute Gasteiger partial charge is 0.345 e. The summed E-state index contributed by atoms with van der Waals surface area (Å²) in [5, 5.41) is 15.2. The average Bonchev–Trinajstić information content (AvgIpc) is 3.34. The molecule has 3 aromatic heterocycles. The Balaban J connectivity index is 1.44. The molecule has 0 aliphatic rings. The normalized spacial score (nSPS) is 10.8. The summed E-state index contributed by atoms with van der Waals surface area (Å²) < 4.78 is 16.2. The molecule has 1 aromatic carbocycles. The second kappa shape index (κ2) is 7.39. The number of pyridine rings is 1. The van der Waals surface area contributed by atoms with E-state index in [1.807, 2.05) is 12.1 Å². The van der Waals surface area contributed by atoms with Crippen molar-refractivity contribution in [3.05, 3.63) is 78.3 Å². The van der Waals surface area contributed by atoms with Crippen molar-refractivity contribution in [1.29, 1.82) is 0 Å². The molecule has 0 atom stereocenters. The Bertz CT molecular complexity index is 1100. The molecular formula is C19H16FN7O. The van der Waals surface area contributed by atoms with Gasteiger partial charge in [0.2, 0.25) is 0 Å². The van der Waals surface area contributed by atoms with E-state index in [0.717, 1.165) is 11.3 Å². The Hall–Kier alpha value is -3.88. The Morgan fingerprint density at radius 1 is 1.14 bits per heavy atom. The lowest BCUT2D eigenvalue weighted by Crippen LogP contribution is -2.25. The van der Waals surface area contributed by atoms with Crippen LogP contribution in [0.4, 0.5) is 4.39 Å². The smallest absolute Gasteiger partial charge is 0.269 e. The highest BCUT2D eigenvalue weighted by Gasteiger charge is 2.15. The molecular weight excluding hydrogens is 361 g/mol. The van der Waals surface area contributed by atoms with Crippen molar-refractivity contribution in [3.63, 3.8) is 0 Å². The highest BCUT2D eigenvalue weighted by atomic mass is 19.1. The third-order valence-electron chi connectivity index (χ3n) is 4.15. The van der Waals surface area contributed by atoms with Crippen LogP contribution in [-0.4, -0.2) is 35.7 Å². The van der Waals surface area contributed by atoms with E-state index in [-0.39, 0.29) is 18.3 Å². The predicted octanol–water partition coefficient (Wildman–Crippen LogP) is 2.13. The van der Waals surface area contributed by atoms with Crippen molar-refractivity contribution in [3.8, 4) is 16.9 Å². The molecule has 0 saturated carbocycles. The molecule has 0 aliphatic heterocycles. The van der Waals surface area contributed by atoms with Crippen LogP contribution in [0.5, 0.6) is 0 Å². The maximum absolute atomic E-state index is 13.1. The van der Waals surface area contributed by atoms with Gasteiger partial charge in [-0.2, -0.15) is 5.10 Å². The quantitative estimate of drug-likeness (QED) is 0.575. The molecule has 0 unspecified atom stereocenters. The molecule has 0 saturated heterocycles. The topological polar surface area (TPSA) is 90.5 Å². The first kappa shape index (κ1) is 17.5. The highest BCUT2D eigenvalue weighted by molar-refractivity contribution is 5.93. The fourth-order valence-electron chi connectivity index (χ4n) is 2.71. The fourth-order valence-corrected chi connectivity index (χ4v) is 2.71. The molecule has 3 heterocycles. The van der Waals surface area contributed by atoms with Gasteiger partial charge in [-0.3, -0.25) is 14.5 Å². The van der Waals surface area contributed by atoms with E-state index in [1.54, 1.807) is 48.5 Å². The summed E-state index contributed by atoms with van der Waals surface area (Å²) in [6.45, 7) is 0.223. The van der Waals surface area contributed by atoms with Crippen molar-refractivity contribution in [2.45, 2.75) is 6.54 Å². The minimum Gasteiger partial charge on any atom is -0.345 e. The molecule has 28 heavy (non-hydrogen) atoms. The number of aromatic nitrogens is 6. The molecule has 1 N–H and O–H groups in total. The molecule has 4 rings (SSSR count). The van der Waals surface area contributed by atoms with Crippen molar-refractivity contribution < 1.29 is 9.18 Å². The SMILES string of the molecule is Cn1nc(-c2ccc(F)cc2)cc1C(=O)NCc1cn(-c2ccncc2)nn1. The van der Waals surface area contributed by atoms with Gasteiger partial charge in [0, 0.05) is 25.0 Å². The van der Waals surface area contributed by atoms with E-state index in [9.17, 15) is 9.18 Å². The number of benzene rings is 1. The summed E-state index contributed by atoms with van der Waals surface area (Å²) in [6.07, 6.45) is 5.07. The molecule has 9 heteroatoms. The molecule has 0 fully saturated rings. The van der Waals surface area contributed by atoms with E-state index < -0.39 is 0 Å². The first-order chi connectivity index (χ1) is 13.6. The van der Waals surface area contributed by atoms with Crippen LogP contribution in [-0.2, 0) is 13.6 Å². The molecule has 0 aliphatic carbocycles. The van der Waals surface area contributed by atoms with Crippen LogP contribution >= 0.6 is 0 Å². The molecule has 140 valence electrons. The standard InChI is InChI=1S/C19H16FN7O/c1-26-18(10-17(24-26)13-2-4-14(20)5-3-13)19(28)22-11-15-12-27(25-23-15)16-6-8-21-9-7-16/h2-10,12H,11H2,1H3,(H,22,28). The molecule has 0 radical (unpaired) electrons. The Kier molecular flexibility index (Phi) is 4.63. The Morgan fingerprint density at radius 3 is 2.64 bits per heavy atom. The van der Waals surface area contributed by atoms with Crippen LogP contribution in [0.1, 0.15) is 16.2 Å². The average molecular weight is 377 g/mol. The Labute approximate surface area is 159 Å². The zero-order valence-corrected chi connectivity index (χ0v) is 15.0. The van der Waals surface area contributed by atoms with Crippen molar-refractivity contribution >= 4 is 5.91 Å². The van der Waals surface area contributed by atoms with Crippen LogP contribution in [0.2, 0.25) is 0 Å². The van der Waals surface area contributed by atoms with Crippen LogP contribution in [0.3, 0.4) is 0 Å². The zero-order valence-electron chi connectivity index (χ0n) is 15.0. The van der Waals surface area contributed by atoms with Gasteiger partial charge >= 0.3 is 0 Å². The number of nitrogens with one attached hydrogen (secondary N) is 1. The van der Waals surface area contributed by atoms with Crippen molar-refractivity contribution in [2.24, 2.45) is 7.05 Å².